The van der Waals surface area contributed by atoms with Gasteiger partial charge in [-0.1, -0.05) is 0 Å². The highest BCUT2D eigenvalue weighted by molar-refractivity contribution is 5.86. The number of morpholine rings is 1. The molecule has 1 atom stereocenters. The number of carbonyl (C=O) groups is 2. The number of halogens is 2. The predicted octanol–water partition coefficient (Wildman–Crippen LogP) is 1.18. The van der Waals surface area contributed by atoms with E-state index in [4.69, 9.17) is 4.74 Å². The molecule has 0 aromatic carbocycles. The largest absolute Gasteiger partial charge is 0.362 e. The number of nitrogens with zero attached hydrogens (tertiary/aromatic N) is 1. The van der Waals surface area contributed by atoms with Gasteiger partial charge >= 0.3 is 0 Å². The lowest BCUT2D eigenvalue weighted by atomic mass is 9.85. The van der Waals surface area contributed by atoms with Crippen molar-refractivity contribution in [3.63, 3.8) is 0 Å². The standard InChI is InChI=1S/C14H22F2N2O3/c1-13(12(20)17-2)9-18(7-8-21-13)11(19)10-3-5-14(15,16)6-4-10/h10H,3-9H2,1-2H3,(H,17,20)/t13-/m1/s1. The molecule has 21 heavy (non-hydrogen) atoms. The van der Waals surface area contributed by atoms with Crippen LogP contribution in [0.2, 0.25) is 0 Å². The number of rotatable bonds is 2. The topological polar surface area (TPSA) is 58.6 Å². The Hall–Kier alpha value is -1.24. The van der Waals surface area contributed by atoms with E-state index in [-0.39, 0.29) is 56.6 Å². The van der Waals surface area contributed by atoms with Crippen LogP contribution in [0.5, 0.6) is 0 Å². The number of likely N-dealkylation sites (N-methyl/N-ethyl adjacent to an activating group) is 1. The molecule has 1 N–H and O–H groups in total. The third-order valence-corrected chi connectivity index (χ3v) is 4.36. The van der Waals surface area contributed by atoms with E-state index in [0.29, 0.717) is 6.54 Å². The number of ether oxygens (including phenoxy) is 1. The molecule has 2 aliphatic rings. The van der Waals surface area contributed by atoms with Crippen LogP contribution in [0.25, 0.3) is 0 Å². The van der Waals surface area contributed by atoms with Crippen molar-refractivity contribution in [1.29, 1.82) is 0 Å². The fraction of sp³-hybridized carbons (Fsp3) is 0.857. The fourth-order valence-electron chi connectivity index (χ4n) is 3.01. The second-order valence-electron chi connectivity index (χ2n) is 6.05. The van der Waals surface area contributed by atoms with Crippen LogP contribution >= 0.6 is 0 Å². The molecule has 1 saturated carbocycles. The minimum atomic E-state index is -2.64. The Labute approximate surface area is 123 Å². The first kappa shape index (κ1) is 16.1. The zero-order chi connectivity index (χ0) is 15.7. The molecule has 0 aromatic rings. The van der Waals surface area contributed by atoms with Gasteiger partial charge in [-0.15, -0.1) is 0 Å². The number of hydrogen-bond donors (Lipinski definition) is 1. The van der Waals surface area contributed by atoms with Gasteiger partial charge in [-0.2, -0.15) is 0 Å². The highest BCUT2D eigenvalue weighted by Crippen LogP contribution is 2.37. The zero-order valence-corrected chi connectivity index (χ0v) is 12.5. The van der Waals surface area contributed by atoms with Crippen LogP contribution in [-0.2, 0) is 14.3 Å². The van der Waals surface area contributed by atoms with Crippen LogP contribution in [0.3, 0.4) is 0 Å². The van der Waals surface area contributed by atoms with Gasteiger partial charge in [-0.25, -0.2) is 8.78 Å². The fourth-order valence-corrected chi connectivity index (χ4v) is 3.01. The normalized spacial score (nSPS) is 30.0. The van der Waals surface area contributed by atoms with Gasteiger partial charge < -0.3 is 15.0 Å². The summed E-state index contributed by atoms with van der Waals surface area (Å²) in [6.45, 7) is 2.48. The average Bonchev–Trinajstić information content (AvgIpc) is 2.45. The first-order valence-corrected chi connectivity index (χ1v) is 7.30. The molecule has 0 bridgehead atoms. The van der Waals surface area contributed by atoms with Gasteiger partial charge in [0.2, 0.25) is 11.8 Å². The summed E-state index contributed by atoms with van der Waals surface area (Å²) < 4.78 is 31.8. The molecule has 0 spiro atoms. The maximum Gasteiger partial charge on any atom is 0.253 e. The maximum absolute atomic E-state index is 13.2. The van der Waals surface area contributed by atoms with Gasteiger partial charge in [0, 0.05) is 32.4 Å². The molecule has 7 heteroatoms. The van der Waals surface area contributed by atoms with Gasteiger partial charge in [0.05, 0.1) is 13.2 Å². The number of hydrogen-bond acceptors (Lipinski definition) is 3. The van der Waals surface area contributed by atoms with E-state index in [9.17, 15) is 18.4 Å². The summed E-state index contributed by atoms with van der Waals surface area (Å²) in [6.07, 6.45) is -0.0549. The molecule has 2 fully saturated rings. The molecule has 1 aliphatic heterocycles. The molecule has 5 nitrogen and oxygen atoms in total. The number of amides is 2. The van der Waals surface area contributed by atoms with Gasteiger partial charge in [0.25, 0.3) is 5.91 Å². The molecule has 0 aromatic heterocycles. The van der Waals surface area contributed by atoms with Gasteiger partial charge in [-0.05, 0) is 19.8 Å². The third kappa shape index (κ3) is 3.51. The van der Waals surface area contributed by atoms with E-state index >= 15 is 0 Å². The summed E-state index contributed by atoms with van der Waals surface area (Å²) in [7, 11) is 1.51. The Bertz CT molecular complexity index is 420. The summed E-state index contributed by atoms with van der Waals surface area (Å²) >= 11 is 0. The van der Waals surface area contributed by atoms with Crippen LogP contribution in [0.1, 0.15) is 32.6 Å². The molecule has 2 rings (SSSR count). The lowest BCUT2D eigenvalue weighted by Crippen LogP contribution is -2.59. The van der Waals surface area contributed by atoms with E-state index in [1.54, 1.807) is 11.8 Å². The van der Waals surface area contributed by atoms with Crippen molar-refractivity contribution in [2.24, 2.45) is 5.92 Å². The van der Waals surface area contributed by atoms with Crippen LogP contribution in [0.15, 0.2) is 0 Å². The van der Waals surface area contributed by atoms with Crippen molar-refractivity contribution in [2.75, 3.05) is 26.7 Å². The van der Waals surface area contributed by atoms with Crippen molar-refractivity contribution < 1.29 is 23.1 Å². The minimum absolute atomic E-state index is 0.135. The summed E-state index contributed by atoms with van der Waals surface area (Å²) in [5.41, 5.74) is -1.07. The van der Waals surface area contributed by atoms with Gasteiger partial charge in [0.1, 0.15) is 0 Å². The summed E-state index contributed by atoms with van der Waals surface area (Å²) in [6, 6.07) is 0. The minimum Gasteiger partial charge on any atom is -0.362 e. The Morgan fingerprint density at radius 3 is 2.48 bits per heavy atom. The zero-order valence-electron chi connectivity index (χ0n) is 12.5. The first-order valence-electron chi connectivity index (χ1n) is 7.30. The third-order valence-electron chi connectivity index (χ3n) is 4.36. The van der Waals surface area contributed by atoms with Crippen LogP contribution < -0.4 is 5.32 Å². The van der Waals surface area contributed by atoms with Crippen molar-refractivity contribution >= 4 is 11.8 Å². The first-order chi connectivity index (χ1) is 9.77. The summed E-state index contributed by atoms with van der Waals surface area (Å²) in [5.74, 6) is -3.42. The quantitative estimate of drug-likeness (QED) is 0.833. The highest BCUT2D eigenvalue weighted by Gasteiger charge is 2.43. The van der Waals surface area contributed by atoms with Crippen molar-refractivity contribution in [3.05, 3.63) is 0 Å². The molecule has 0 radical (unpaired) electrons. The SMILES string of the molecule is CNC(=O)[C@@]1(C)CN(C(=O)C2CCC(F)(F)CC2)CCO1. The van der Waals surface area contributed by atoms with E-state index < -0.39 is 11.5 Å². The Morgan fingerprint density at radius 1 is 1.29 bits per heavy atom. The Kier molecular flexibility index (Phi) is 4.51. The summed E-state index contributed by atoms with van der Waals surface area (Å²) in [4.78, 5) is 25.9. The molecule has 120 valence electrons. The number of carbonyl (C=O) groups excluding carboxylic acids is 2. The van der Waals surface area contributed by atoms with Gasteiger partial charge in [0.15, 0.2) is 5.60 Å². The average molecular weight is 304 g/mol. The van der Waals surface area contributed by atoms with Crippen LogP contribution in [-0.4, -0.2) is 55.0 Å². The Balaban J connectivity index is 1.98. The van der Waals surface area contributed by atoms with Crippen molar-refractivity contribution in [3.8, 4) is 0 Å². The van der Waals surface area contributed by atoms with Crippen molar-refractivity contribution in [2.45, 2.75) is 44.1 Å². The predicted molar refractivity (Wildman–Crippen MR) is 71.9 cm³/mol. The second kappa shape index (κ2) is 5.87. The van der Waals surface area contributed by atoms with Crippen molar-refractivity contribution in [1.82, 2.24) is 10.2 Å². The second-order valence-corrected chi connectivity index (χ2v) is 6.05. The lowest BCUT2D eigenvalue weighted by molar-refractivity contribution is -0.165. The Morgan fingerprint density at radius 2 is 1.90 bits per heavy atom. The van der Waals surface area contributed by atoms with Crippen LogP contribution in [0.4, 0.5) is 8.78 Å². The summed E-state index contributed by atoms with van der Waals surface area (Å²) in [5, 5.41) is 2.52. The molecule has 1 saturated heterocycles. The van der Waals surface area contributed by atoms with E-state index in [1.807, 2.05) is 0 Å². The smallest absolute Gasteiger partial charge is 0.253 e. The lowest BCUT2D eigenvalue weighted by Gasteiger charge is -2.41. The molecule has 1 heterocycles. The number of nitrogens with one attached hydrogen (secondary N) is 1. The molecular formula is C14H22F2N2O3. The monoisotopic (exact) mass is 304 g/mol. The maximum atomic E-state index is 13.2. The number of alkyl halides is 2. The van der Waals surface area contributed by atoms with E-state index in [2.05, 4.69) is 5.32 Å². The van der Waals surface area contributed by atoms with E-state index in [1.165, 1.54) is 7.05 Å². The van der Waals surface area contributed by atoms with E-state index in [0.717, 1.165) is 0 Å². The molecule has 2 amide bonds. The molecule has 0 unspecified atom stereocenters. The highest BCUT2D eigenvalue weighted by atomic mass is 19.3. The van der Waals surface area contributed by atoms with Crippen LogP contribution in [0, 0.1) is 5.92 Å². The molecule has 1 aliphatic carbocycles. The molecular weight excluding hydrogens is 282 g/mol. The van der Waals surface area contributed by atoms with Gasteiger partial charge in [-0.3, -0.25) is 9.59 Å².